The van der Waals surface area contributed by atoms with Gasteiger partial charge in [0.2, 0.25) is 0 Å². The van der Waals surface area contributed by atoms with Gasteiger partial charge in [-0.2, -0.15) is 0 Å². The van der Waals surface area contributed by atoms with Gasteiger partial charge in [-0.15, -0.1) is 11.3 Å². The first kappa shape index (κ1) is 12.1. The molecule has 0 aliphatic carbocycles. The number of aromatic nitrogens is 2. The molecule has 6 heteroatoms. The molecule has 2 heterocycles. The molecule has 0 atom stereocenters. The van der Waals surface area contributed by atoms with E-state index in [4.69, 9.17) is 4.74 Å². The van der Waals surface area contributed by atoms with Gasteiger partial charge >= 0.3 is 0 Å². The van der Waals surface area contributed by atoms with E-state index in [0.29, 0.717) is 12.3 Å². The number of hydrogen-bond acceptors (Lipinski definition) is 4. The van der Waals surface area contributed by atoms with Crippen molar-refractivity contribution in [1.82, 2.24) is 14.7 Å². The minimum Gasteiger partial charge on any atom is -0.382 e. The number of nitrogens with zero attached hydrogens (tertiary/aromatic N) is 2. The lowest BCUT2D eigenvalue weighted by Gasteiger charge is -2.24. The second-order valence-electron chi connectivity index (χ2n) is 4.49. The van der Waals surface area contributed by atoms with Crippen molar-refractivity contribution in [3.8, 4) is 0 Å². The molecule has 0 saturated heterocycles. The van der Waals surface area contributed by atoms with Crippen LogP contribution in [0.25, 0.3) is 4.83 Å². The highest BCUT2D eigenvalue weighted by Gasteiger charge is 2.22. The highest BCUT2D eigenvalue weighted by Crippen LogP contribution is 2.16. The molecule has 2 aromatic heterocycles. The molecule has 0 aliphatic rings. The summed E-state index contributed by atoms with van der Waals surface area (Å²) in [5, 5.41) is 4.76. The number of thiazole rings is 1. The van der Waals surface area contributed by atoms with Crippen LogP contribution in [0.15, 0.2) is 17.9 Å². The number of rotatable bonds is 4. The SMILES string of the molecule is COCC(C)(C)NC(=O)c1csc2cncn12. The number of nitrogens with one attached hydrogen (secondary N) is 1. The maximum atomic E-state index is 12.1. The third-order valence-corrected chi connectivity index (χ3v) is 3.23. The predicted molar refractivity (Wildman–Crippen MR) is 66.5 cm³/mol. The van der Waals surface area contributed by atoms with Gasteiger partial charge in [0.25, 0.3) is 5.91 Å². The maximum absolute atomic E-state index is 12.1. The summed E-state index contributed by atoms with van der Waals surface area (Å²) in [5.74, 6) is -0.115. The summed E-state index contributed by atoms with van der Waals surface area (Å²) in [5.41, 5.74) is 0.215. The fraction of sp³-hybridized carbons (Fsp3) is 0.455. The minimum atomic E-state index is -0.388. The minimum absolute atomic E-state index is 0.115. The number of carbonyl (C=O) groups is 1. The molecule has 1 amide bonds. The molecule has 0 saturated carbocycles. The average molecular weight is 253 g/mol. The van der Waals surface area contributed by atoms with Gasteiger partial charge in [-0.3, -0.25) is 9.20 Å². The summed E-state index contributed by atoms with van der Waals surface area (Å²) in [6.07, 6.45) is 3.38. The number of fused-ring (bicyclic) bond motifs is 1. The summed E-state index contributed by atoms with van der Waals surface area (Å²) in [6.45, 7) is 4.31. The molecule has 0 aliphatic heterocycles. The molecule has 0 fully saturated rings. The molecule has 0 aromatic carbocycles. The molecule has 0 radical (unpaired) electrons. The molecule has 0 spiro atoms. The van der Waals surface area contributed by atoms with Crippen LogP contribution in [-0.4, -0.2) is 34.5 Å². The molecule has 17 heavy (non-hydrogen) atoms. The lowest BCUT2D eigenvalue weighted by atomic mass is 10.1. The Kier molecular flexibility index (Phi) is 3.17. The molecule has 0 unspecified atom stereocenters. The highest BCUT2D eigenvalue weighted by atomic mass is 32.1. The van der Waals surface area contributed by atoms with Crippen LogP contribution in [-0.2, 0) is 4.74 Å². The number of hydrogen-bond donors (Lipinski definition) is 1. The van der Waals surface area contributed by atoms with Crippen LogP contribution in [0.5, 0.6) is 0 Å². The molecule has 5 nitrogen and oxygen atoms in total. The number of ether oxygens (including phenoxy) is 1. The van der Waals surface area contributed by atoms with E-state index in [9.17, 15) is 4.79 Å². The van der Waals surface area contributed by atoms with Crippen LogP contribution in [0.1, 0.15) is 24.3 Å². The normalized spacial score (nSPS) is 11.9. The van der Waals surface area contributed by atoms with E-state index in [-0.39, 0.29) is 11.4 Å². The Morgan fingerprint density at radius 3 is 3.12 bits per heavy atom. The smallest absolute Gasteiger partial charge is 0.269 e. The topological polar surface area (TPSA) is 55.6 Å². The van der Waals surface area contributed by atoms with Gasteiger partial charge in [0.15, 0.2) is 0 Å². The second-order valence-corrected chi connectivity index (χ2v) is 5.38. The van der Waals surface area contributed by atoms with Gasteiger partial charge in [0.05, 0.1) is 18.3 Å². The Hall–Kier alpha value is -1.40. The molecule has 2 rings (SSSR count). The maximum Gasteiger partial charge on any atom is 0.269 e. The summed E-state index contributed by atoms with van der Waals surface area (Å²) in [7, 11) is 1.62. The van der Waals surface area contributed by atoms with Crippen LogP contribution in [0.4, 0.5) is 0 Å². The zero-order chi connectivity index (χ0) is 12.5. The Balaban J connectivity index is 2.19. The largest absolute Gasteiger partial charge is 0.382 e. The predicted octanol–water partition coefficient (Wildman–Crippen LogP) is 1.55. The van der Waals surface area contributed by atoms with Crippen molar-refractivity contribution >= 4 is 22.1 Å². The van der Waals surface area contributed by atoms with Crippen LogP contribution < -0.4 is 5.32 Å². The van der Waals surface area contributed by atoms with Crippen molar-refractivity contribution in [3.63, 3.8) is 0 Å². The Bertz CT molecular complexity index is 530. The zero-order valence-electron chi connectivity index (χ0n) is 10.1. The summed E-state index contributed by atoms with van der Waals surface area (Å²) < 4.78 is 6.85. The number of amides is 1. The van der Waals surface area contributed by atoms with E-state index in [1.54, 1.807) is 24.0 Å². The van der Waals surface area contributed by atoms with Crippen LogP contribution in [0.3, 0.4) is 0 Å². The summed E-state index contributed by atoms with van der Waals surface area (Å²) in [6, 6.07) is 0. The first-order valence-electron chi connectivity index (χ1n) is 5.24. The number of methoxy groups -OCH3 is 1. The van der Waals surface area contributed by atoms with E-state index < -0.39 is 0 Å². The van der Waals surface area contributed by atoms with Crippen molar-refractivity contribution in [2.45, 2.75) is 19.4 Å². The third-order valence-electron chi connectivity index (χ3n) is 2.35. The van der Waals surface area contributed by atoms with Gasteiger partial charge < -0.3 is 10.1 Å². The second kappa shape index (κ2) is 4.46. The molecule has 1 N–H and O–H groups in total. The number of carbonyl (C=O) groups excluding carboxylic acids is 1. The fourth-order valence-corrected chi connectivity index (χ4v) is 2.49. The molecule has 92 valence electrons. The third kappa shape index (κ3) is 2.48. The fourth-order valence-electron chi connectivity index (χ4n) is 1.66. The highest BCUT2D eigenvalue weighted by molar-refractivity contribution is 7.15. The quantitative estimate of drug-likeness (QED) is 0.899. The van der Waals surface area contributed by atoms with Gasteiger partial charge in [-0.25, -0.2) is 4.98 Å². The van der Waals surface area contributed by atoms with Crippen LogP contribution in [0.2, 0.25) is 0 Å². The van der Waals surface area contributed by atoms with Crippen molar-refractivity contribution in [3.05, 3.63) is 23.6 Å². The van der Waals surface area contributed by atoms with Crippen LogP contribution in [0, 0.1) is 0 Å². The summed E-state index contributed by atoms with van der Waals surface area (Å²) >= 11 is 1.50. The molecular weight excluding hydrogens is 238 g/mol. The first-order valence-corrected chi connectivity index (χ1v) is 6.12. The van der Waals surface area contributed by atoms with Crippen LogP contribution >= 0.6 is 11.3 Å². The lowest BCUT2D eigenvalue weighted by Crippen LogP contribution is -2.47. The van der Waals surface area contributed by atoms with E-state index in [2.05, 4.69) is 10.3 Å². The molecule has 2 aromatic rings. The van der Waals surface area contributed by atoms with Gasteiger partial charge in [0, 0.05) is 12.5 Å². The van der Waals surface area contributed by atoms with E-state index in [0.717, 1.165) is 4.83 Å². The van der Waals surface area contributed by atoms with Gasteiger partial charge in [-0.05, 0) is 13.8 Å². The van der Waals surface area contributed by atoms with E-state index in [1.165, 1.54) is 11.3 Å². The van der Waals surface area contributed by atoms with E-state index in [1.807, 2.05) is 19.2 Å². The Labute approximate surface area is 103 Å². The Morgan fingerprint density at radius 2 is 2.41 bits per heavy atom. The van der Waals surface area contributed by atoms with Crippen molar-refractivity contribution in [2.24, 2.45) is 0 Å². The standard InChI is InChI=1S/C11H15N3O2S/c1-11(2,6-16-3)13-10(15)8-5-17-9-4-12-7-14(8)9/h4-5,7H,6H2,1-3H3,(H,13,15). The Morgan fingerprint density at radius 1 is 1.65 bits per heavy atom. The van der Waals surface area contributed by atoms with E-state index >= 15 is 0 Å². The van der Waals surface area contributed by atoms with Gasteiger partial charge in [0.1, 0.15) is 16.9 Å². The van der Waals surface area contributed by atoms with Crippen molar-refractivity contribution in [1.29, 1.82) is 0 Å². The first-order chi connectivity index (χ1) is 8.03. The summed E-state index contributed by atoms with van der Waals surface area (Å²) in [4.78, 5) is 17.1. The number of imidazole rings is 1. The van der Waals surface area contributed by atoms with Crippen molar-refractivity contribution in [2.75, 3.05) is 13.7 Å². The molecular formula is C11H15N3O2S. The molecule has 0 bridgehead atoms. The zero-order valence-corrected chi connectivity index (χ0v) is 10.9. The van der Waals surface area contributed by atoms with Crippen molar-refractivity contribution < 1.29 is 9.53 Å². The lowest BCUT2D eigenvalue weighted by molar-refractivity contribution is 0.0814. The average Bonchev–Trinajstić information content (AvgIpc) is 2.75. The van der Waals surface area contributed by atoms with Gasteiger partial charge in [-0.1, -0.05) is 0 Å². The monoisotopic (exact) mass is 253 g/mol.